The summed E-state index contributed by atoms with van der Waals surface area (Å²) in [6, 6.07) is 15.8. The molecule has 0 bridgehead atoms. The maximum absolute atomic E-state index is 13.2. The molecule has 1 fully saturated rings. The molecule has 33 heavy (non-hydrogen) atoms. The molecule has 3 aromatic rings. The topological polar surface area (TPSA) is 63.7 Å². The number of carbonyl (C=O) groups excluding carboxylic acids is 1. The Morgan fingerprint density at radius 1 is 1.06 bits per heavy atom. The lowest BCUT2D eigenvalue weighted by Crippen LogP contribution is -2.30. The summed E-state index contributed by atoms with van der Waals surface area (Å²) in [4.78, 5) is 19.6. The molecular formula is C26H28FN3O3. The maximum atomic E-state index is 13.2. The van der Waals surface area contributed by atoms with Gasteiger partial charge in [0.1, 0.15) is 5.82 Å². The number of carbonyl (C=O) groups is 1. The minimum Gasteiger partial charge on any atom is -0.493 e. The molecule has 1 aliphatic rings. The molecule has 1 amide bonds. The van der Waals surface area contributed by atoms with Crippen molar-refractivity contribution in [2.75, 3.05) is 32.6 Å². The molecule has 1 saturated heterocycles. The van der Waals surface area contributed by atoms with Gasteiger partial charge in [-0.1, -0.05) is 6.07 Å². The number of nitrogens with one attached hydrogen (secondary N) is 1. The molecule has 172 valence electrons. The van der Waals surface area contributed by atoms with Crippen molar-refractivity contribution in [2.24, 2.45) is 0 Å². The molecule has 1 aliphatic heterocycles. The summed E-state index contributed by atoms with van der Waals surface area (Å²) >= 11 is 0. The minimum atomic E-state index is -0.268. The summed E-state index contributed by atoms with van der Waals surface area (Å²) in [5, 5.41) is 3.31. The first kappa shape index (κ1) is 22.6. The summed E-state index contributed by atoms with van der Waals surface area (Å²) in [5.74, 6) is 1.25. The van der Waals surface area contributed by atoms with Gasteiger partial charge in [-0.25, -0.2) is 4.39 Å². The van der Waals surface area contributed by atoms with Crippen LogP contribution in [0.2, 0.25) is 0 Å². The van der Waals surface area contributed by atoms with Gasteiger partial charge in [-0.15, -0.1) is 0 Å². The van der Waals surface area contributed by atoms with Crippen LogP contribution < -0.4 is 14.8 Å². The number of hydrogen-bond donors (Lipinski definition) is 1. The highest BCUT2D eigenvalue weighted by atomic mass is 19.1. The second-order valence-electron chi connectivity index (χ2n) is 8.25. The highest BCUT2D eigenvalue weighted by molar-refractivity contribution is 5.79. The number of aromatic nitrogens is 1. The largest absolute Gasteiger partial charge is 0.493 e. The molecule has 0 aliphatic carbocycles. The van der Waals surface area contributed by atoms with Crippen molar-refractivity contribution < 1.29 is 18.7 Å². The van der Waals surface area contributed by atoms with Crippen molar-refractivity contribution >= 4 is 17.3 Å². The summed E-state index contributed by atoms with van der Waals surface area (Å²) in [6.07, 6.45) is 1.18. The number of likely N-dealkylation sites (tertiary alicyclic amines) is 1. The van der Waals surface area contributed by atoms with Gasteiger partial charge in [-0.2, -0.15) is 0 Å². The van der Waals surface area contributed by atoms with Crippen molar-refractivity contribution in [2.45, 2.75) is 25.7 Å². The van der Waals surface area contributed by atoms with E-state index in [0.29, 0.717) is 31.0 Å². The van der Waals surface area contributed by atoms with Crippen molar-refractivity contribution in [1.82, 2.24) is 9.88 Å². The normalized spacial score (nSPS) is 15.4. The Morgan fingerprint density at radius 2 is 1.82 bits per heavy atom. The fourth-order valence-electron chi connectivity index (χ4n) is 4.18. The lowest BCUT2D eigenvalue weighted by Gasteiger charge is -2.18. The van der Waals surface area contributed by atoms with Crippen LogP contribution in [-0.2, 0) is 11.2 Å². The van der Waals surface area contributed by atoms with Crippen LogP contribution in [0.15, 0.2) is 54.6 Å². The number of halogens is 1. The minimum absolute atomic E-state index is 0.0852. The summed E-state index contributed by atoms with van der Waals surface area (Å²) in [7, 11) is 3.18. The zero-order valence-electron chi connectivity index (χ0n) is 19.1. The van der Waals surface area contributed by atoms with Gasteiger partial charge in [-0.05, 0) is 67.4 Å². The van der Waals surface area contributed by atoms with Gasteiger partial charge in [0.05, 0.1) is 20.6 Å². The first-order valence-corrected chi connectivity index (χ1v) is 10.9. The number of hydrogen-bond acceptors (Lipinski definition) is 5. The number of methoxy groups -OCH3 is 2. The van der Waals surface area contributed by atoms with E-state index in [0.717, 1.165) is 34.7 Å². The number of rotatable bonds is 7. The molecule has 0 spiro atoms. The van der Waals surface area contributed by atoms with Crippen LogP contribution >= 0.6 is 0 Å². The zero-order chi connectivity index (χ0) is 23.4. The van der Waals surface area contributed by atoms with Crippen LogP contribution in [-0.4, -0.2) is 43.1 Å². The number of amides is 1. The van der Waals surface area contributed by atoms with E-state index in [4.69, 9.17) is 14.5 Å². The smallest absolute Gasteiger partial charge is 0.227 e. The van der Waals surface area contributed by atoms with E-state index in [1.807, 2.05) is 42.2 Å². The molecule has 0 saturated carbocycles. The molecule has 1 atom stereocenters. The van der Waals surface area contributed by atoms with Gasteiger partial charge in [0, 0.05) is 41.8 Å². The van der Waals surface area contributed by atoms with Crippen LogP contribution in [0.25, 0.3) is 0 Å². The molecule has 4 rings (SSSR count). The quantitative estimate of drug-likeness (QED) is 0.559. The number of anilines is 2. The second-order valence-corrected chi connectivity index (χ2v) is 8.25. The van der Waals surface area contributed by atoms with Gasteiger partial charge in [0.15, 0.2) is 11.5 Å². The van der Waals surface area contributed by atoms with Gasteiger partial charge in [0.2, 0.25) is 5.91 Å². The summed E-state index contributed by atoms with van der Waals surface area (Å²) in [5.41, 5.74) is 4.46. The van der Waals surface area contributed by atoms with Crippen molar-refractivity contribution in [3.8, 4) is 11.5 Å². The molecule has 7 heteroatoms. The van der Waals surface area contributed by atoms with Crippen LogP contribution in [0.5, 0.6) is 11.5 Å². The van der Waals surface area contributed by atoms with E-state index in [2.05, 4.69) is 5.32 Å². The van der Waals surface area contributed by atoms with E-state index in [9.17, 15) is 9.18 Å². The standard InChI is InChI=1S/C26H28FN3O3/c1-17-12-22(29-21-7-5-20(27)6-8-21)15-23(28-17)19-10-11-30(16-19)26(31)14-18-4-9-24(32-2)25(13-18)33-3/h4-9,12-13,15,19H,10-11,14,16H2,1-3H3,(H,28,29)/t19-/m1/s1. The zero-order valence-corrected chi connectivity index (χ0v) is 19.1. The average Bonchev–Trinajstić information content (AvgIpc) is 3.31. The number of benzene rings is 2. The summed E-state index contributed by atoms with van der Waals surface area (Å²) in [6.45, 7) is 3.29. The number of aryl methyl sites for hydroxylation is 1. The monoisotopic (exact) mass is 449 g/mol. The third-order valence-corrected chi connectivity index (χ3v) is 5.87. The molecule has 1 N–H and O–H groups in total. The average molecular weight is 450 g/mol. The SMILES string of the molecule is COc1ccc(CC(=O)N2CC[C@@H](c3cc(Nc4ccc(F)cc4)cc(C)n3)C2)cc1OC. The third kappa shape index (κ3) is 5.42. The van der Waals surface area contributed by atoms with Crippen LogP contribution in [0, 0.1) is 12.7 Å². The van der Waals surface area contributed by atoms with Crippen LogP contribution in [0.3, 0.4) is 0 Å². The number of pyridine rings is 1. The van der Waals surface area contributed by atoms with E-state index >= 15 is 0 Å². The molecule has 1 aromatic heterocycles. The first-order chi connectivity index (χ1) is 15.9. The Hall–Kier alpha value is -3.61. The van der Waals surface area contributed by atoms with Crippen molar-refractivity contribution in [1.29, 1.82) is 0 Å². The predicted octanol–water partition coefficient (Wildman–Crippen LogP) is 4.85. The van der Waals surface area contributed by atoms with Crippen molar-refractivity contribution in [3.63, 3.8) is 0 Å². The second kappa shape index (κ2) is 9.90. The van der Waals surface area contributed by atoms with Gasteiger partial charge >= 0.3 is 0 Å². The fraction of sp³-hybridized carbons (Fsp3) is 0.308. The van der Waals surface area contributed by atoms with Gasteiger partial charge in [0.25, 0.3) is 0 Å². The Balaban J connectivity index is 1.42. The Bertz CT molecular complexity index is 1130. The van der Waals surface area contributed by atoms with Crippen LogP contribution in [0.4, 0.5) is 15.8 Å². The molecule has 0 radical (unpaired) electrons. The third-order valence-electron chi connectivity index (χ3n) is 5.87. The lowest BCUT2D eigenvalue weighted by atomic mass is 10.0. The number of nitrogens with zero attached hydrogens (tertiary/aromatic N) is 2. The number of ether oxygens (including phenoxy) is 2. The Labute approximate surface area is 193 Å². The van der Waals surface area contributed by atoms with Gasteiger partial charge in [-0.3, -0.25) is 9.78 Å². The van der Waals surface area contributed by atoms with E-state index < -0.39 is 0 Å². The Morgan fingerprint density at radius 3 is 2.55 bits per heavy atom. The predicted molar refractivity (Wildman–Crippen MR) is 126 cm³/mol. The highest BCUT2D eigenvalue weighted by Gasteiger charge is 2.28. The van der Waals surface area contributed by atoms with Crippen molar-refractivity contribution in [3.05, 3.63) is 77.4 Å². The lowest BCUT2D eigenvalue weighted by molar-refractivity contribution is -0.129. The van der Waals surface area contributed by atoms with Crippen LogP contribution in [0.1, 0.15) is 29.3 Å². The summed E-state index contributed by atoms with van der Waals surface area (Å²) < 4.78 is 23.8. The molecule has 2 heterocycles. The van der Waals surface area contributed by atoms with E-state index in [-0.39, 0.29) is 17.6 Å². The van der Waals surface area contributed by atoms with E-state index in [1.165, 1.54) is 12.1 Å². The first-order valence-electron chi connectivity index (χ1n) is 10.9. The highest BCUT2D eigenvalue weighted by Crippen LogP contribution is 2.31. The molecule has 2 aromatic carbocycles. The maximum Gasteiger partial charge on any atom is 0.227 e. The molecule has 0 unspecified atom stereocenters. The molecular weight excluding hydrogens is 421 g/mol. The Kier molecular flexibility index (Phi) is 6.77. The van der Waals surface area contributed by atoms with E-state index in [1.54, 1.807) is 26.4 Å². The molecule has 6 nitrogen and oxygen atoms in total. The fourth-order valence-corrected chi connectivity index (χ4v) is 4.18. The van der Waals surface area contributed by atoms with Gasteiger partial charge < -0.3 is 19.7 Å².